The summed E-state index contributed by atoms with van der Waals surface area (Å²) in [6.07, 6.45) is 1.55. The first-order valence-electron chi connectivity index (χ1n) is 5.92. The first kappa shape index (κ1) is 14.3. The van der Waals surface area contributed by atoms with Gasteiger partial charge in [0.15, 0.2) is 0 Å². The Morgan fingerprint density at radius 3 is 2.42 bits per heavy atom. The van der Waals surface area contributed by atoms with E-state index in [9.17, 15) is 5.11 Å². The molecular weight excluding hydrogens is 283 g/mol. The third-order valence-electron chi connectivity index (χ3n) is 2.91. The van der Waals surface area contributed by atoms with Crippen molar-refractivity contribution in [1.82, 2.24) is 9.97 Å². The lowest BCUT2D eigenvalue weighted by Gasteiger charge is -2.10. The first-order chi connectivity index (χ1) is 8.99. The van der Waals surface area contributed by atoms with E-state index < -0.39 is 6.10 Å². The summed E-state index contributed by atoms with van der Waals surface area (Å²) in [5.41, 5.74) is 2.31. The summed E-state index contributed by atoms with van der Waals surface area (Å²) in [6.45, 7) is 3.54. The highest BCUT2D eigenvalue weighted by Crippen LogP contribution is 2.26. The van der Waals surface area contributed by atoms with Gasteiger partial charge in [0.2, 0.25) is 0 Å². The topological polar surface area (TPSA) is 46.0 Å². The summed E-state index contributed by atoms with van der Waals surface area (Å²) in [5, 5.41) is 10.8. The maximum Gasteiger partial charge on any atom is 0.133 e. The molecule has 5 heteroatoms. The van der Waals surface area contributed by atoms with E-state index in [2.05, 4.69) is 9.97 Å². The van der Waals surface area contributed by atoms with Gasteiger partial charge in [0.05, 0.1) is 6.10 Å². The fraction of sp³-hybridized carbons (Fsp3) is 0.286. The third kappa shape index (κ3) is 3.24. The summed E-state index contributed by atoms with van der Waals surface area (Å²) < 4.78 is 0. The molecule has 0 amide bonds. The molecule has 1 aromatic heterocycles. The standard InChI is InChI=1S/C14H14Cl2N2O/c1-8-11(9(2)19)7-17-14(18-8)6-10-12(15)4-3-5-13(10)16/h3-5,7,9,19H,6H2,1-2H3/t9-/m1/s1. The van der Waals surface area contributed by atoms with Gasteiger partial charge in [-0.15, -0.1) is 0 Å². The number of aliphatic hydroxyl groups excluding tert-OH is 1. The van der Waals surface area contributed by atoms with Crippen LogP contribution < -0.4 is 0 Å². The Morgan fingerprint density at radius 2 is 1.89 bits per heavy atom. The highest BCUT2D eigenvalue weighted by atomic mass is 35.5. The molecule has 0 aliphatic heterocycles. The van der Waals surface area contributed by atoms with Gasteiger partial charge in [0, 0.05) is 33.9 Å². The molecule has 1 aromatic carbocycles. The van der Waals surface area contributed by atoms with Crippen LogP contribution in [-0.4, -0.2) is 15.1 Å². The molecule has 100 valence electrons. The minimum Gasteiger partial charge on any atom is -0.389 e. The van der Waals surface area contributed by atoms with Crippen molar-refractivity contribution in [3.05, 3.63) is 57.1 Å². The summed E-state index contributed by atoms with van der Waals surface area (Å²) in [4.78, 5) is 8.63. The number of aryl methyl sites for hydroxylation is 1. The molecule has 0 spiro atoms. The van der Waals surface area contributed by atoms with Crippen molar-refractivity contribution in [3.8, 4) is 0 Å². The Bertz CT molecular complexity index is 580. The number of aromatic nitrogens is 2. The second-order valence-electron chi connectivity index (χ2n) is 4.38. The highest BCUT2D eigenvalue weighted by Gasteiger charge is 2.11. The van der Waals surface area contributed by atoms with Gasteiger partial charge in [-0.2, -0.15) is 0 Å². The smallest absolute Gasteiger partial charge is 0.133 e. The zero-order valence-electron chi connectivity index (χ0n) is 10.7. The predicted octanol–water partition coefficient (Wildman–Crippen LogP) is 3.74. The molecule has 0 radical (unpaired) electrons. The van der Waals surface area contributed by atoms with E-state index >= 15 is 0 Å². The third-order valence-corrected chi connectivity index (χ3v) is 3.62. The monoisotopic (exact) mass is 296 g/mol. The average Bonchev–Trinajstić information content (AvgIpc) is 2.33. The van der Waals surface area contributed by atoms with Crippen LogP contribution in [0.2, 0.25) is 10.0 Å². The van der Waals surface area contributed by atoms with Crippen LogP contribution in [0.5, 0.6) is 0 Å². The fourth-order valence-electron chi connectivity index (χ4n) is 1.88. The van der Waals surface area contributed by atoms with Gasteiger partial charge in [-0.05, 0) is 31.5 Å². The van der Waals surface area contributed by atoms with Crippen molar-refractivity contribution in [2.75, 3.05) is 0 Å². The van der Waals surface area contributed by atoms with Gasteiger partial charge in [-0.1, -0.05) is 29.3 Å². The zero-order valence-corrected chi connectivity index (χ0v) is 12.2. The molecule has 0 fully saturated rings. The number of benzene rings is 1. The van der Waals surface area contributed by atoms with Gasteiger partial charge in [-0.3, -0.25) is 0 Å². The van der Waals surface area contributed by atoms with Crippen LogP contribution in [0.4, 0.5) is 0 Å². The van der Waals surface area contributed by atoms with Crippen LogP contribution in [0.1, 0.15) is 35.7 Å². The maximum absolute atomic E-state index is 9.55. The largest absolute Gasteiger partial charge is 0.389 e. The zero-order chi connectivity index (χ0) is 14.0. The minimum absolute atomic E-state index is 0.472. The van der Waals surface area contributed by atoms with Crippen molar-refractivity contribution in [1.29, 1.82) is 0 Å². The van der Waals surface area contributed by atoms with Gasteiger partial charge in [-0.25, -0.2) is 9.97 Å². The van der Waals surface area contributed by atoms with Crippen molar-refractivity contribution in [2.45, 2.75) is 26.4 Å². The van der Waals surface area contributed by atoms with Gasteiger partial charge in [0.1, 0.15) is 5.82 Å². The number of hydrogen-bond donors (Lipinski definition) is 1. The van der Waals surface area contributed by atoms with E-state index in [1.54, 1.807) is 31.3 Å². The van der Waals surface area contributed by atoms with E-state index in [1.807, 2.05) is 6.92 Å². The molecule has 2 aromatic rings. The Morgan fingerprint density at radius 1 is 1.26 bits per heavy atom. The Kier molecular flexibility index (Phi) is 4.40. The van der Waals surface area contributed by atoms with E-state index in [1.165, 1.54) is 0 Å². The Balaban J connectivity index is 2.32. The van der Waals surface area contributed by atoms with Crippen LogP contribution in [0, 0.1) is 6.92 Å². The van der Waals surface area contributed by atoms with Gasteiger partial charge >= 0.3 is 0 Å². The molecule has 0 aliphatic rings. The molecule has 1 heterocycles. The lowest BCUT2D eigenvalue weighted by Crippen LogP contribution is -2.04. The molecule has 3 nitrogen and oxygen atoms in total. The van der Waals surface area contributed by atoms with E-state index in [0.29, 0.717) is 22.3 Å². The van der Waals surface area contributed by atoms with Crippen LogP contribution in [0.15, 0.2) is 24.4 Å². The van der Waals surface area contributed by atoms with Crippen molar-refractivity contribution < 1.29 is 5.11 Å². The molecular formula is C14H14Cl2N2O. The van der Waals surface area contributed by atoms with Crippen molar-refractivity contribution >= 4 is 23.2 Å². The van der Waals surface area contributed by atoms with Crippen molar-refractivity contribution in [3.63, 3.8) is 0 Å². The van der Waals surface area contributed by atoms with E-state index in [4.69, 9.17) is 23.2 Å². The highest BCUT2D eigenvalue weighted by molar-refractivity contribution is 6.36. The lowest BCUT2D eigenvalue weighted by atomic mass is 10.1. The molecule has 19 heavy (non-hydrogen) atoms. The van der Waals surface area contributed by atoms with Crippen LogP contribution in [0.25, 0.3) is 0 Å². The average molecular weight is 297 g/mol. The molecule has 0 saturated carbocycles. The number of nitrogens with zero attached hydrogens (tertiary/aromatic N) is 2. The number of rotatable bonds is 3. The SMILES string of the molecule is Cc1nc(Cc2c(Cl)cccc2Cl)ncc1[C@@H](C)O. The number of hydrogen-bond acceptors (Lipinski definition) is 3. The second-order valence-corrected chi connectivity index (χ2v) is 5.19. The van der Waals surface area contributed by atoms with Gasteiger partial charge in [0.25, 0.3) is 0 Å². The molecule has 0 bridgehead atoms. The lowest BCUT2D eigenvalue weighted by molar-refractivity contribution is 0.197. The molecule has 2 rings (SSSR count). The minimum atomic E-state index is -0.571. The van der Waals surface area contributed by atoms with E-state index in [-0.39, 0.29) is 0 Å². The quantitative estimate of drug-likeness (QED) is 0.938. The summed E-state index contributed by atoms with van der Waals surface area (Å²) >= 11 is 12.2. The Hall–Kier alpha value is -1.16. The maximum atomic E-state index is 9.55. The van der Waals surface area contributed by atoms with Gasteiger partial charge < -0.3 is 5.11 Å². The first-order valence-corrected chi connectivity index (χ1v) is 6.68. The fourth-order valence-corrected chi connectivity index (χ4v) is 2.41. The molecule has 0 saturated heterocycles. The summed E-state index contributed by atoms with van der Waals surface area (Å²) in [7, 11) is 0. The predicted molar refractivity (Wildman–Crippen MR) is 76.7 cm³/mol. The van der Waals surface area contributed by atoms with Crippen molar-refractivity contribution in [2.24, 2.45) is 0 Å². The summed E-state index contributed by atoms with van der Waals surface area (Å²) in [6, 6.07) is 5.39. The molecule has 1 atom stereocenters. The van der Waals surface area contributed by atoms with Crippen LogP contribution in [-0.2, 0) is 6.42 Å². The molecule has 0 unspecified atom stereocenters. The van der Waals surface area contributed by atoms with E-state index in [0.717, 1.165) is 16.8 Å². The normalized spacial score (nSPS) is 12.5. The van der Waals surface area contributed by atoms with Crippen LogP contribution in [0.3, 0.4) is 0 Å². The second kappa shape index (κ2) is 5.87. The number of aliphatic hydroxyl groups is 1. The molecule has 1 N–H and O–H groups in total. The summed E-state index contributed by atoms with van der Waals surface area (Å²) in [5.74, 6) is 0.636. The number of halogens is 2. The molecule has 0 aliphatic carbocycles. The Labute approximate surface area is 122 Å². The van der Waals surface area contributed by atoms with Crippen LogP contribution >= 0.6 is 23.2 Å².